The molecule has 0 aliphatic heterocycles. The highest BCUT2D eigenvalue weighted by molar-refractivity contribution is 9.08. The fourth-order valence-electron chi connectivity index (χ4n) is 2.25. The van der Waals surface area contributed by atoms with Crippen molar-refractivity contribution in [2.45, 2.75) is 11.9 Å². The first-order chi connectivity index (χ1) is 9.28. The van der Waals surface area contributed by atoms with E-state index >= 15 is 0 Å². The third-order valence-corrected chi connectivity index (χ3v) is 3.95. The van der Waals surface area contributed by atoms with E-state index in [1.807, 2.05) is 35.0 Å². The van der Waals surface area contributed by atoms with Gasteiger partial charge in [0.05, 0.1) is 6.54 Å². The summed E-state index contributed by atoms with van der Waals surface area (Å²) in [5.74, 6) is 0.333. The molecule has 0 aliphatic carbocycles. The second kappa shape index (κ2) is 5.10. The van der Waals surface area contributed by atoms with Crippen molar-refractivity contribution in [1.29, 1.82) is 0 Å². The molecule has 0 unspecified atom stereocenters. The molecule has 0 bridgehead atoms. The van der Waals surface area contributed by atoms with Gasteiger partial charge in [-0.3, -0.25) is 0 Å². The Bertz CT molecular complexity index is 700. The van der Waals surface area contributed by atoms with E-state index in [0.29, 0.717) is 12.4 Å². The number of fused-ring (bicyclic) bond motifs is 1. The van der Waals surface area contributed by atoms with E-state index in [9.17, 15) is 5.11 Å². The molecule has 2 nitrogen and oxygen atoms in total. The molecule has 0 fully saturated rings. The van der Waals surface area contributed by atoms with E-state index in [1.165, 1.54) is 11.1 Å². The molecule has 1 N–H and O–H groups in total. The van der Waals surface area contributed by atoms with Crippen molar-refractivity contribution in [1.82, 2.24) is 4.57 Å². The van der Waals surface area contributed by atoms with Gasteiger partial charge in [0.25, 0.3) is 0 Å². The Hall–Kier alpha value is -1.74. The standard InChI is InChI=1S/C16H14BrNO/c17-9-12-5-7-13(8-6-12)10-18-11-14-3-1-2-4-15(14)16(18)19/h1-8,11,19H,9-10H2. The van der Waals surface area contributed by atoms with Crippen LogP contribution in [-0.2, 0) is 11.9 Å². The largest absolute Gasteiger partial charge is 0.494 e. The molecule has 1 heterocycles. The third-order valence-electron chi connectivity index (χ3n) is 3.30. The summed E-state index contributed by atoms with van der Waals surface area (Å²) in [6.45, 7) is 0.684. The lowest BCUT2D eigenvalue weighted by atomic mass is 10.1. The van der Waals surface area contributed by atoms with E-state index in [-0.39, 0.29) is 0 Å². The molecular formula is C16H14BrNO. The van der Waals surface area contributed by atoms with Crippen molar-refractivity contribution in [2.75, 3.05) is 0 Å². The average Bonchev–Trinajstić information content (AvgIpc) is 2.77. The first kappa shape index (κ1) is 12.3. The topological polar surface area (TPSA) is 25.2 Å². The number of nitrogens with zero attached hydrogens (tertiary/aromatic N) is 1. The van der Waals surface area contributed by atoms with Crippen molar-refractivity contribution < 1.29 is 5.11 Å². The Morgan fingerprint density at radius 3 is 2.32 bits per heavy atom. The number of benzene rings is 2. The van der Waals surface area contributed by atoms with Gasteiger partial charge in [-0.2, -0.15) is 0 Å². The zero-order valence-corrected chi connectivity index (χ0v) is 12.0. The summed E-state index contributed by atoms with van der Waals surface area (Å²) < 4.78 is 1.88. The number of hydrogen-bond donors (Lipinski definition) is 1. The lowest BCUT2D eigenvalue weighted by molar-refractivity contribution is 0.430. The normalized spacial score (nSPS) is 11.0. The Labute approximate surface area is 120 Å². The molecule has 3 aromatic rings. The molecule has 0 aliphatic rings. The van der Waals surface area contributed by atoms with Crippen molar-refractivity contribution in [3.05, 3.63) is 65.9 Å². The van der Waals surface area contributed by atoms with Gasteiger partial charge in [0.2, 0.25) is 0 Å². The number of rotatable bonds is 3. The monoisotopic (exact) mass is 315 g/mol. The maximum Gasteiger partial charge on any atom is 0.199 e. The van der Waals surface area contributed by atoms with Gasteiger partial charge in [-0.1, -0.05) is 58.4 Å². The first-order valence-corrected chi connectivity index (χ1v) is 7.30. The minimum atomic E-state index is 0.333. The molecule has 0 spiro atoms. The number of hydrogen-bond acceptors (Lipinski definition) is 1. The SMILES string of the molecule is Oc1c2ccccc2cn1Cc1ccc(CBr)cc1. The van der Waals surface area contributed by atoms with Crippen LogP contribution in [0.15, 0.2) is 54.7 Å². The van der Waals surface area contributed by atoms with E-state index in [2.05, 4.69) is 40.2 Å². The van der Waals surface area contributed by atoms with Crippen LogP contribution in [0.4, 0.5) is 0 Å². The predicted octanol–water partition coefficient (Wildman–Crippen LogP) is 4.29. The van der Waals surface area contributed by atoms with E-state index in [0.717, 1.165) is 16.1 Å². The lowest BCUT2D eigenvalue weighted by Crippen LogP contribution is -1.97. The van der Waals surface area contributed by atoms with Gasteiger partial charge in [-0.05, 0) is 17.2 Å². The fourth-order valence-corrected chi connectivity index (χ4v) is 2.62. The maximum absolute atomic E-state index is 10.2. The molecule has 0 amide bonds. The second-order valence-electron chi connectivity index (χ2n) is 4.62. The zero-order chi connectivity index (χ0) is 13.2. The number of aromatic nitrogens is 1. The third kappa shape index (κ3) is 2.38. The van der Waals surface area contributed by atoms with Gasteiger partial charge in [-0.15, -0.1) is 0 Å². The molecule has 0 saturated carbocycles. The molecule has 19 heavy (non-hydrogen) atoms. The highest BCUT2D eigenvalue weighted by Crippen LogP contribution is 2.27. The van der Waals surface area contributed by atoms with Gasteiger partial charge in [-0.25, -0.2) is 0 Å². The molecule has 3 rings (SSSR count). The summed E-state index contributed by atoms with van der Waals surface area (Å²) in [6.07, 6.45) is 1.99. The summed E-state index contributed by atoms with van der Waals surface area (Å²) in [4.78, 5) is 0. The lowest BCUT2D eigenvalue weighted by Gasteiger charge is -2.05. The van der Waals surface area contributed by atoms with Crippen LogP contribution in [0.1, 0.15) is 11.1 Å². The number of alkyl halides is 1. The summed E-state index contributed by atoms with van der Waals surface area (Å²) >= 11 is 3.44. The van der Waals surface area contributed by atoms with Crippen LogP contribution >= 0.6 is 15.9 Å². The summed E-state index contributed by atoms with van der Waals surface area (Å²) in [5.41, 5.74) is 2.44. The summed E-state index contributed by atoms with van der Waals surface area (Å²) in [7, 11) is 0. The summed E-state index contributed by atoms with van der Waals surface area (Å²) in [6, 6.07) is 16.3. The minimum Gasteiger partial charge on any atom is -0.494 e. The Kier molecular flexibility index (Phi) is 3.30. The molecular weight excluding hydrogens is 302 g/mol. The minimum absolute atomic E-state index is 0.333. The Morgan fingerprint density at radius 1 is 0.947 bits per heavy atom. The van der Waals surface area contributed by atoms with Crippen molar-refractivity contribution in [2.24, 2.45) is 0 Å². The molecule has 1 aromatic heterocycles. The summed E-state index contributed by atoms with van der Waals surface area (Å²) in [5, 5.41) is 13.0. The fraction of sp³-hybridized carbons (Fsp3) is 0.125. The average molecular weight is 316 g/mol. The van der Waals surface area contributed by atoms with Crippen LogP contribution < -0.4 is 0 Å². The van der Waals surface area contributed by atoms with Crippen LogP contribution in [0.5, 0.6) is 5.88 Å². The van der Waals surface area contributed by atoms with Crippen molar-refractivity contribution >= 4 is 26.7 Å². The van der Waals surface area contributed by atoms with Crippen molar-refractivity contribution in [3.8, 4) is 5.88 Å². The van der Waals surface area contributed by atoms with Gasteiger partial charge in [0.1, 0.15) is 0 Å². The molecule has 3 heteroatoms. The van der Waals surface area contributed by atoms with Crippen LogP contribution in [0.2, 0.25) is 0 Å². The highest BCUT2D eigenvalue weighted by atomic mass is 79.9. The van der Waals surface area contributed by atoms with Gasteiger partial charge < -0.3 is 9.67 Å². The smallest absolute Gasteiger partial charge is 0.199 e. The molecule has 2 aromatic carbocycles. The molecule has 0 saturated heterocycles. The first-order valence-electron chi connectivity index (χ1n) is 6.18. The Balaban J connectivity index is 1.94. The Morgan fingerprint density at radius 2 is 1.63 bits per heavy atom. The molecule has 96 valence electrons. The van der Waals surface area contributed by atoms with Crippen LogP contribution in [0, 0.1) is 0 Å². The highest BCUT2D eigenvalue weighted by Gasteiger charge is 2.07. The van der Waals surface area contributed by atoms with E-state index < -0.39 is 0 Å². The van der Waals surface area contributed by atoms with Gasteiger partial charge in [0, 0.05) is 22.3 Å². The number of halogens is 1. The van der Waals surface area contributed by atoms with Gasteiger partial charge in [0.15, 0.2) is 5.88 Å². The van der Waals surface area contributed by atoms with Crippen molar-refractivity contribution in [3.63, 3.8) is 0 Å². The maximum atomic E-state index is 10.2. The molecule has 0 atom stereocenters. The van der Waals surface area contributed by atoms with E-state index in [1.54, 1.807) is 0 Å². The number of aromatic hydroxyl groups is 1. The van der Waals surface area contributed by atoms with E-state index in [4.69, 9.17) is 0 Å². The predicted molar refractivity (Wildman–Crippen MR) is 81.8 cm³/mol. The second-order valence-corrected chi connectivity index (χ2v) is 5.18. The van der Waals surface area contributed by atoms with Gasteiger partial charge >= 0.3 is 0 Å². The van der Waals surface area contributed by atoms with Crippen LogP contribution in [0.3, 0.4) is 0 Å². The van der Waals surface area contributed by atoms with Crippen LogP contribution in [0.25, 0.3) is 10.8 Å². The zero-order valence-electron chi connectivity index (χ0n) is 10.4. The van der Waals surface area contributed by atoms with Crippen LogP contribution in [-0.4, -0.2) is 9.67 Å². The quantitative estimate of drug-likeness (QED) is 0.717. The molecule has 0 radical (unpaired) electrons.